The summed E-state index contributed by atoms with van der Waals surface area (Å²) in [6.07, 6.45) is 4.60. The fraction of sp³-hybridized carbons (Fsp3) is 0.309. The summed E-state index contributed by atoms with van der Waals surface area (Å²) >= 11 is 0. The van der Waals surface area contributed by atoms with Gasteiger partial charge in [-0.2, -0.15) is 0 Å². The van der Waals surface area contributed by atoms with Crippen molar-refractivity contribution in [3.63, 3.8) is 0 Å². The number of benzene rings is 8. The van der Waals surface area contributed by atoms with Gasteiger partial charge in [0.25, 0.3) is 0 Å². The molecule has 69 heavy (non-hydrogen) atoms. The molecule has 1 aliphatic carbocycles. The molecule has 0 atom stereocenters. The Bertz CT molecular complexity index is 2060. The molecule has 0 N–H and O–H groups in total. The predicted octanol–water partition coefficient (Wildman–Crippen LogP) is 23.1. The lowest BCUT2D eigenvalue weighted by Gasteiger charge is -2.02. The van der Waals surface area contributed by atoms with Crippen LogP contribution in [0, 0.1) is 0 Å². The molecule has 0 unspecified atom stereocenters. The highest BCUT2D eigenvalue weighted by molar-refractivity contribution is 6.07. The van der Waals surface area contributed by atoms with Crippen molar-refractivity contribution < 1.29 is 0 Å². The average molecular weight is 931 g/mol. The summed E-state index contributed by atoms with van der Waals surface area (Å²) < 4.78 is 0. The van der Waals surface area contributed by atoms with Gasteiger partial charge in [-0.05, 0) is 73.1 Å². The topological polar surface area (TPSA) is 12.9 Å². The van der Waals surface area contributed by atoms with Crippen molar-refractivity contribution in [2.24, 2.45) is 0 Å². The van der Waals surface area contributed by atoms with Crippen LogP contribution >= 0.6 is 0 Å². The molecule has 1 aliphatic rings. The van der Waals surface area contributed by atoms with E-state index < -0.39 is 0 Å². The SMILES string of the molecule is CC.CC.CC.CC.CC.CC.CC.CC.CC.CC.c1ccc2c(c1)Cc1ccccc1-2.c1ccc2c(c1)ccc1ccccc12.c1ccc2ccccc2c1.c1ccccc1.c1ccncc1. The molecule has 8 aromatic carbocycles. The van der Waals surface area contributed by atoms with Gasteiger partial charge in [0.05, 0.1) is 0 Å². The number of pyridine rings is 1. The minimum Gasteiger partial charge on any atom is -0.265 e. The van der Waals surface area contributed by atoms with Gasteiger partial charge in [0.2, 0.25) is 0 Å². The van der Waals surface area contributed by atoms with Crippen LogP contribution in [0.5, 0.6) is 0 Å². The molecule has 0 spiro atoms. The highest BCUT2D eigenvalue weighted by Gasteiger charge is 2.15. The molecule has 0 saturated heterocycles. The lowest BCUT2D eigenvalue weighted by Crippen LogP contribution is -1.77. The molecule has 0 bridgehead atoms. The maximum atomic E-state index is 3.78. The lowest BCUT2D eigenvalue weighted by atomic mass is 10.0. The summed E-state index contributed by atoms with van der Waals surface area (Å²) in [6.45, 7) is 40.0. The van der Waals surface area contributed by atoms with Gasteiger partial charge >= 0.3 is 0 Å². The van der Waals surface area contributed by atoms with Crippen molar-refractivity contribution in [1.82, 2.24) is 4.98 Å². The van der Waals surface area contributed by atoms with Crippen molar-refractivity contribution in [2.75, 3.05) is 0 Å². The van der Waals surface area contributed by atoms with Crippen LogP contribution in [0.1, 0.15) is 150 Å². The highest BCUT2D eigenvalue weighted by atomic mass is 14.6. The molecule has 1 heteroatoms. The molecule has 0 aliphatic heterocycles. The van der Waals surface area contributed by atoms with Gasteiger partial charge in [-0.25, -0.2) is 0 Å². The normalized spacial score (nSPS) is 8.23. The predicted molar refractivity (Wildman–Crippen MR) is 324 cm³/mol. The largest absolute Gasteiger partial charge is 0.265 e. The fourth-order valence-corrected chi connectivity index (χ4v) is 5.86. The van der Waals surface area contributed by atoms with Gasteiger partial charge in [-0.3, -0.25) is 4.98 Å². The van der Waals surface area contributed by atoms with E-state index in [0.717, 1.165) is 6.42 Å². The second kappa shape index (κ2) is 57.8. The van der Waals surface area contributed by atoms with Crippen LogP contribution in [0.25, 0.3) is 43.4 Å². The molecule has 1 aromatic heterocycles. The molecule has 0 radical (unpaired) electrons. The van der Waals surface area contributed by atoms with Crippen LogP contribution in [-0.2, 0) is 6.42 Å². The van der Waals surface area contributed by atoms with E-state index >= 15 is 0 Å². The number of rotatable bonds is 0. The number of hydrogen-bond acceptors (Lipinski definition) is 1. The Morgan fingerprint density at radius 3 is 0.710 bits per heavy atom. The maximum Gasteiger partial charge on any atom is 0.0267 e. The monoisotopic (exact) mass is 930 g/mol. The molecule has 0 fully saturated rings. The van der Waals surface area contributed by atoms with Gasteiger partial charge in [0.15, 0.2) is 0 Å². The van der Waals surface area contributed by atoms with E-state index in [4.69, 9.17) is 0 Å². The molecule has 10 rings (SSSR count). The summed E-state index contributed by atoms with van der Waals surface area (Å²) in [6, 6.07) is 73.1. The highest BCUT2D eigenvalue weighted by Crippen LogP contribution is 2.35. The first-order valence-corrected chi connectivity index (χ1v) is 26.7. The molecular formula is C68H99N. The molecular weight excluding hydrogens is 831 g/mol. The molecule has 9 aromatic rings. The zero-order valence-electron chi connectivity index (χ0n) is 47.5. The van der Waals surface area contributed by atoms with Crippen LogP contribution in [-0.4, -0.2) is 4.98 Å². The van der Waals surface area contributed by atoms with Gasteiger partial charge in [0, 0.05) is 12.4 Å². The summed E-state index contributed by atoms with van der Waals surface area (Å²) in [5.41, 5.74) is 5.75. The van der Waals surface area contributed by atoms with Gasteiger partial charge in [-0.15, -0.1) is 0 Å². The van der Waals surface area contributed by atoms with Crippen LogP contribution in [0.15, 0.2) is 225 Å². The number of hydrogen-bond donors (Lipinski definition) is 0. The minimum atomic E-state index is 1.10. The van der Waals surface area contributed by atoms with E-state index in [0.29, 0.717) is 0 Å². The summed E-state index contributed by atoms with van der Waals surface area (Å²) in [5, 5.41) is 7.92. The zero-order chi connectivity index (χ0) is 53.4. The van der Waals surface area contributed by atoms with Crippen molar-refractivity contribution in [3.8, 4) is 11.1 Å². The Labute approximate surface area is 427 Å². The minimum absolute atomic E-state index is 1.10. The Morgan fingerprint density at radius 2 is 0.449 bits per heavy atom. The van der Waals surface area contributed by atoms with Crippen molar-refractivity contribution in [3.05, 3.63) is 236 Å². The van der Waals surface area contributed by atoms with Crippen LogP contribution in [0.2, 0.25) is 0 Å². The van der Waals surface area contributed by atoms with Crippen molar-refractivity contribution >= 4 is 32.3 Å². The van der Waals surface area contributed by atoms with Crippen molar-refractivity contribution in [1.29, 1.82) is 0 Å². The summed E-state index contributed by atoms with van der Waals surface area (Å²) in [4.78, 5) is 3.78. The molecule has 376 valence electrons. The Morgan fingerprint density at radius 1 is 0.217 bits per heavy atom. The van der Waals surface area contributed by atoms with E-state index in [2.05, 4.69) is 163 Å². The molecule has 1 heterocycles. The van der Waals surface area contributed by atoms with Gasteiger partial charge in [0.1, 0.15) is 0 Å². The lowest BCUT2D eigenvalue weighted by molar-refractivity contribution is 1.26. The number of aromatic nitrogens is 1. The second-order valence-corrected chi connectivity index (χ2v) is 11.5. The maximum absolute atomic E-state index is 3.78. The van der Waals surface area contributed by atoms with E-state index in [1.165, 1.54) is 54.6 Å². The van der Waals surface area contributed by atoms with E-state index in [1.807, 2.05) is 193 Å². The second-order valence-electron chi connectivity index (χ2n) is 11.5. The third-order valence-electron chi connectivity index (χ3n) is 8.25. The zero-order valence-corrected chi connectivity index (χ0v) is 47.5. The average Bonchev–Trinajstić information content (AvgIpc) is 3.89. The number of fused-ring (bicyclic) bond motifs is 7. The van der Waals surface area contributed by atoms with Gasteiger partial charge < -0.3 is 0 Å². The Kier molecular flexibility index (Phi) is 60.1. The summed E-state index contributed by atoms with van der Waals surface area (Å²) in [5.74, 6) is 0. The summed E-state index contributed by atoms with van der Waals surface area (Å²) in [7, 11) is 0. The first-order chi connectivity index (χ1) is 34.4. The Balaban J connectivity index is -0.000000231. The van der Waals surface area contributed by atoms with Crippen molar-refractivity contribution in [2.45, 2.75) is 145 Å². The van der Waals surface area contributed by atoms with Crippen LogP contribution in [0.4, 0.5) is 0 Å². The smallest absolute Gasteiger partial charge is 0.0267 e. The van der Waals surface area contributed by atoms with E-state index in [1.54, 1.807) is 12.4 Å². The first kappa shape index (κ1) is 71.7. The quantitative estimate of drug-likeness (QED) is 0.138. The number of nitrogens with zero attached hydrogens (tertiary/aromatic N) is 1. The van der Waals surface area contributed by atoms with Gasteiger partial charge in [-0.1, -0.05) is 339 Å². The third kappa shape index (κ3) is 30.6. The van der Waals surface area contributed by atoms with Crippen LogP contribution in [0.3, 0.4) is 0 Å². The van der Waals surface area contributed by atoms with E-state index in [-0.39, 0.29) is 0 Å². The Hall–Kier alpha value is -6.31. The molecule has 1 nitrogen and oxygen atoms in total. The molecule has 0 saturated carbocycles. The van der Waals surface area contributed by atoms with E-state index in [9.17, 15) is 0 Å². The van der Waals surface area contributed by atoms with Crippen LogP contribution < -0.4 is 0 Å². The first-order valence-electron chi connectivity index (χ1n) is 26.7. The molecule has 0 amide bonds. The fourth-order valence-electron chi connectivity index (χ4n) is 5.86. The third-order valence-corrected chi connectivity index (χ3v) is 8.25. The standard InChI is InChI=1S/C14H10.C13H10.C10H8.C6H6.C5H5N.10C2H6/c1-3-7-13-11(5-1)9-10-12-6-2-4-8-14(12)13;1-3-7-12-10(5-1)9-11-6-2-4-8-13(11)12;1-2-6-10-8-4-3-7-9(10)5-1;2*1-2-4-6-5-3-1;10*1-2/h1-10H;1-8H,9H2;1-8H;1-6H;1-5H;10*1-2H3.